The van der Waals surface area contributed by atoms with Crippen molar-refractivity contribution in [2.24, 2.45) is 0 Å². The number of fused-ring (bicyclic) bond motifs is 1. The Balaban J connectivity index is 2.25. The van der Waals surface area contributed by atoms with E-state index >= 15 is 0 Å². The van der Waals surface area contributed by atoms with Gasteiger partial charge >= 0.3 is 0 Å². The van der Waals surface area contributed by atoms with Crippen molar-refractivity contribution in [3.05, 3.63) is 36.0 Å². The van der Waals surface area contributed by atoms with E-state index in [1.165, 1.54) is 17.8 Å². The van der Waals surface area contributed by atoms with Gasteiger partial charge in [0.2, 0.25) is 0 Å². The molecule has 0 bridgehead atoms. The smallest absolute Gasteiger partial charge is 0.187 e. The fourth-order valence-corrected chi connectivity index (χ4v) is 3.02. The summed E-state index contributed by atoms with van der Waals surface area (Å²) in [4.78, 5) is 13.0. The Morgan fingerprint density at radius 2 is 2.00 bits per heavy atom. The maximum Gasteiger partial charge on any atom is 0.187 e. The van der Waals surface area contributed by atoms with Gasteiger partial charge in [-0.3, -0.25) is 0 Å². The van der Waals surface area contributed by atoms with E-state index < -0.39 is 0 Å². The molecule has 0 aliphatic carbocycles. The van der Waals surface area contributed by atoms with E-state index in [-0.39, 0.29) is 11.9 Å². The standard InChI is InChI=1S/C16H17FN4S/c1-9(2)21-10(3)19-15-12(17)7-11(8-14(15)21)13-5-6-18-16(20-13)22-4/h5-9H,1-4H3. The molecule has 2 aromatic heterocycles. The number of aromatic nitrogens is 4. The third kappa shape index (κ3) is 2.47. The van der Waals surface area contributed by atoms with E-state index in [0.29, 0.717) is 16.4 Å². The van der Waals surface area contributed by atoms with Crippen molar-refractivity contribution in [1.29, 1.82) is 0 Å². The number of imidazole rings is 1. The van der Waals surface area contributed by atoms with Crippen molar-refractivity contribution >= 4 is 22.8 Å². The molecular formula is C16H17FN4S. The van der Waals surface area contributed by atoms with Crippen LogP contribution in [-0.2, 0) is 0 Å². The first-order chi connectivity index (χ1) is 10.5. The molecule has 0 radical (unpaired) electrons. The molecule has 0 N–H and O–H groups in total. The molecule has 114 valence electrons. The molecule has 0 aliphatic rings. The monoisotopic (exact) mass is 316 g/mol. The minimum Gasteiger partial charge on any atom is -0.326 e. The average Bonchev–Trinajstić information content (AvgIpc) is 2.84. The van der Waals surface area contributed by atoms with Crippen LogP contribution in [0.15, 0.2) is 29.6 Å². The number of thioether (sulfide) groups is 1. The zero-order chi connectivity index (χ0) is 15.9. The van der Waals surface area contributed by atoms with Crippen LogP contribution in [0, 0.1) is 12.7 Å². The first kappa shape index (κ1) is 15.0. The average molecular weight is 316 g/mol. The molecule has 22 heavy (non-hydrogen) atoms. The van der Waals surface area contributed by atoms with Crippen molar-refractivity contribution in [2.75, 3.05) is 6.26 Å². The Morgan fingerprint density at radius 3 is 2.68 bits per heavy atom. The van der Waals surface area contributed by atoms with Gasteiger partial charge in [0.1, 0.15) is 11.3 Å². The zero-order valence-corrected chi connectivity index (χ0v) is 13.8. The van der Waals surface area contributed by atoms with E-state index in [1.807, 2.05) is 23.8 Å². The lowest BCUT2D eigenvalue weighted by Crippen LogP contribution is -2.02. The Bertz CT molecular complexity index is 842. The summed E-state index contributed by atoms with van der Waals surface area (Å²) in [6, 6.07) is 5.45. The van der Waals surface area contributed by atoms with Gasteiger partial charge in [0.05, 0.1) is 11.2 Å². The van der Waals surface area contributed by atoms with E-state index in [0.717, 1.165) is 16.9 Å². The van der Waals surface area contributed by atoms with Gasteiger partial charge < -0.3 is 4.57 Å². The third-order valence-corrected chi connectivity index (χ3v) is 4.12. The van der Waals surface area contributed by atoms with Crippen LogP contribution in [0.25, 0.3) is 22.3 Å². The van der Waals surface area contributed by atoms with Gasteiger partial charge in [-0.2, -0.15) is 0 Å². The Kier molecular flexibility index (Phi) is 3.87. The van der Waals surface area contributed by atoms with E-state index in [4.69, 9.17) is 0 Å². The summed E-state index contributed by atoms with van der Waals surface area (Å²) < 4.78 is 16.5. The molecule has 0 saturated heterocycles. The van der Waals surface area contributed by atoms with Crippen molar-refractivity contribution in [1.82, 2.24) is 19.5 Å². The van der Waals surface area contributed by atoms with Crippen LogP contribution in [0.5, 0.6) is 0 Å². The highest BCUT2D eigenvalue weighted by atomic mass is 32.2. The van der Waals surface area contributed by atoms with Crippen molar-refractivity contribution in [2.45, 2.75) is 32.0 Å². The van der Waals surface area contributed by atoms with Gasteiger partial charge in [-0.05, 0) is 45.2 Å². The van der Waals surface area contributed by atoms with Crippen LogP contribution in [0.4, 0.5) is 4.39 Å². The van der Waals surface area contributed by atoms with Crippen molar-refractivity contribution in [3.8, 4) is 11.3 Å². The molecule has 1 aromatic carbocycles. The van der Waals surface area contributed by atoms with Gasteiger partial charge in [0.25, 0.3) is 0 Å². The maximum atomic E-state index is 14.4. The summed E-state index contributed by atoms with van der Waals surface area (Å²) in [5, 5.41) is 0.673. The molecule has 3 rings (SSSR count). The fourth-order valence-electron chi connectivity index (χ4n) is 2.67. The molecule has 3 aromatic rings. The van der Waals surface area contributed by atoms with Crippen LogP contribution in [0.2, 0.25) is 0 Å². The maximum absolute atomic E-state index is 14.4. The highest BCUT2D eigenvalue weighted by Crippen LogP contribution is 2.29. The Labute approximate surface area is 132 Å². The molecule has 0 amide bonds. The largest absolute Gasteiger partial charge is 0.326 e. The van der Waals surface area contributed by atoms with Gasteiger partial charge in [0, 0.05) is 17.8 Å². The summed E-state index contributed by atoms with van der Waals surface area (Å²) >= 11 is 1.46. The number of halogens is 1. The van der Waals surface area contributed by atoms with Crippen LogP contribution in [0.3, 0.4) is 0 Å². The van der Waals surface area contributed by atoms with E-state index in [9.17, 15) is 4.39 Å². The number of aryl methyl sites for hydroxylation is 1. The second-order valence-corrected chi connectivity index (χ2v) is 6.15. The molecule has 0 saturated carbocycles. The molecule has 0 atom stereocenters. The number of nitrogens with zero attached hydrogens (tertiary/aromatic N) is 4. The summed E-state index contributed by atoms with van der Waals surface area (Å²) in [5.41, 5.74) is 2.67. The van der Waals surface area contributed by atoms with E-state index in [2.05, 4.69) is 28.8 Å². The quantitative estimate of drug-likeness (QED) is 0.535. The molecule has 2 heterocycles. The Morgan fingerprint density at radius 1 is 1.23 bits per heavy atom. The SMILES string of the molecule is CSc1nccc(-c2cc(F)c3nc(C)n(C(C)C)c3c2)n1. The van der Waals surface area contributed by atoms with Crippen molar-refractivity contribution < 1.29 is 4.39 Å². The summed E-state index contributed by atoms with van der Waals surface area (Å²) in [6.07, 6.45) is 3.61. The van der Waals surface area contributed by atoms with Crippen LogP contribution >= 0.6 is 11.8 Å². The molecule has 6 heteroatoms. The lowest BCUT2D eigenvalue weighted by molar-refractivity contribution is 0.600. The number of benzene rings is 1. The first-order valence-corrected chi connectivity index (χ1v) is 8.29. The molecule has 0 aliphatic heterocycles. The minimum atomic E-state index is -0.320. The van der Waals surface area contributed by atoms with E-state index in [1.54, 1.807) is 12.3 Å². The first-order valence-electron chi connectivity index (χ1n) is 7.06. The molecule has 0 fully saturated rings. The number of rotatable bonds is 3. The lowest BCUT2D eigenvalue weighted by atomic mass is 10.1. The summed E-state index contributed by atoms with van der Waals surface area (Å²) in [6.45, 7) is 6.03. The Hall–Kier alpha value is -1.95. The van der Waals surface area contributed by atoms with Gasteiger partial charge in [0.15, 0.2) is 11.0 Å². The zero-order valence-electron chi connectivity index (χ0n) is 13.0. The highest BCUT2D eigenvalue weighted by molar-refractivity contribution is 7.98. The topological polar surface area (TPSA) is 43.6 Å². The summed E-state index contributed by atoms with van der Waals surface area (Å²) in [7, 11) is 0. The third-order valence-electron chi connectivity index (χ3n) is 3.55. The lowest BCUT2D eigenvalue weighted by Gasteiger charge is -2.11. The van der Waals surface area contributed by atoms with Crippen LogP contribution < -0.4 is 0 Å². The predicted molar refractivity (Wildman–Crippen MR) is 87.6 cm³/mol. The predicted octanol–water partition coefficient (Wildman–Crippen LogP) is 4.24. The second kappa shape index (κ2) is 5.68. The number of hydrogen-bond acceptors (Lipinski definition) is 4. The normalized spacial score (nSPS) is 11.5. The van der Waals surface area contributed by atoms with Gasteiger partial charge in [-0.1, -0.05) is 11.8 Å². The molecule has 0 spiro atoms. The fraction of sp³-hybridized carbons (Fsp3) is 0.312. The van der Waals surface area contributed by atoms with Gasteiger partial charge in [-0.25, -0.2) is 19.3 Å². The number of hydrogen-bond donors (Lipinski definition) is 0. The highest BCUT2D eigenvalue weighted by Gasteiger charge is 2.16. The molecule has 4 nitrogen and oxygen atoms in total. The summed E-state index contributed by atoms with van der Waals surface area (Å²) in [5.74, 6) is 0.493. The second-order valence-electron chi connectivity index (χ2n) is 5.38. The van der Waals surface area contributed by atoms with Gasteiger partial charge in [-0.15, -0.1) is 0 Å². The van der Waals surface area contributed by atoms with Crippen LogP contribution in [-0.4, -0.2) is 25.8 Å². The minimum absolute atomic E-state index is 0.215. The molecular weight excluding hydrogens is 299 g/mol. The molecule has 0 unspecified atom stereocenters. The van der Waals surface area contributed by atoms with Crippen molar-refractivity contribution in [3.63, 3.8) is 0 Å². The van der Waals surface area contributed by atoms with Crippen LogP contribution in [0.1, 0.15) is 25.7 Å².